The minimum Gasteiger partial charge on any atom is -0.443 e. The van der Waals surface area contributed by atoms with Crippen molar-refractivity contribution in [2.45, 2.75) is 13.5 Å². The highest BCUT2D eigenvalue weighted by Gasteiger charge is 2.13. The van der Waals surface area contributed by atoms with Gasteiger partial charge in [0.25, 0.3) is 0 Å². The third-order valence-corrected chi connectivity index (χ3v) is 2.86. The summed E-state index contributed by atoms with van der Waals surface area (Å²) in [6, 6.07) is 4.63. The van der Waals surface area contributed by atoms with Crippen LogP contribution in [0.1, 0.15) is 11.3 Å². The molecule has 0 spiro atoms. The molecule has 0 atom stereocenters. The second-order valence-electron chi connectivity index (χ2n) is 4.26. The molecule has 1 heterocycles. The second-order valence-corrected chi connectivity index (χ2v) is 4.26. The first kappa shape index (κ1) is 13.7. The van der Waals surface area contributed by atoms with Crippen molar-refractivity contribution in [3.8, 4) is 11.3 Å². The van der Waals surface area contributed by atoms with Gasteiger partial charge < -0.3 is 14.5 Å². The number of benzene rings is 1. The Morgan fingerprint density at radius 3 is 3.05 bits per heavy atom. The third-order valence-electron chi connectivity index (χ3n) is 2.86. The van der Waals surface area contributed by atoms with Crippen LogP contribution in [-0.2, 0) is 11.3 Å². The minimum absolute atomic E-state index is 0.282. The van der Waals surface area contributed by atoms with Gasteiger partial charge in [0, 0.05) is 25.8 Å². The number of hydrogen-bond acceptors (Lipinski definition) is 4. The zero-order valence-corrected chi connectivity index (χ0v) is 11.1. The van der Waals surface area contributed by atoms with Gasteiger partial charge in [-0.1, -0.05) is 6.07 Å². The molecule has 5 heteroatoms. The Morgan fingerprint density at radius 1 is 1.42 bits per heavy atom. The lowest BCUT2D eigenvalue weighted by Gasteiger charge is -2.06. The molecule has 19 heavy (non-hydrogen) atoms. The lowest BCUT2D eigenvalue weighted by Crippen LogP contribution is -2.19. The van der Waals surface area contributed by atoms with Gasteiger partial charge in [0.1, 0.15) is 11.5 Å². The van der Waals surface area contributed by atoms with Gasteiger partial charge in [-0.25, -0.2) is 9.37 Å². The SMILES string of the molecule is COCCNCc1ncoc1-c1cc(F)ccc1C. The molecule has 0 unspecified atom stereocenters. The van der Waals surface area contributed by atoms with E-state index in [0.29, 0.717) is 18.9 Å². The summed E-state index contributed by atoms with van der Waals surface area (Å²) in [5.74, 6) is 0.331. The molecule has 1 N–H and O–H groups in total. The molecule has 0 radical (unpaired) electrons. The number of aryl methyl sites for hydroxylation is 1. The molecular weight excluding hydrogens is 247 g/mol. The Kier molecular flexibility index (Phi) is 4.65. The van der Waals surface area contributed by atoms with Gasteiger partial charge in [-0.2, -0.15) is 0 Å². The molecule has 4 nitrogen and oxygen atoms in total. The molecule has 0 aliphatic heterocycles. The highest BCUT2D eigenvalue weighted by Crippen LogP contribution is 2.27. The second kappa shape index (κ2) is 6.45. The lowest BCUT2D eigenvalue weighted by molar-refractivity contribution is 0.199. The van der Waals surface area contributed by atoms with E-state index in [2.05, 4.69) is 10.3 Å². The summed E-state index contributed by atoms with van der Waals surface area (Å²) in [4.78, 5) is 4.17. The van der Waals surface area contributed by atoms with Gasteiger partial charge in [0.15, 0.2) is 12.2 Å². The van der Waals surface area contributed by atoms with Crippen LogP contribution in [-0.4, -0.2) is 25.2 Å². The maximum atomic E-state index is 13.3. The van der Waals surface area contributed by atoms with Crippen LogP contribution in [0.4, 0.5) is 4.39 Å². The summed E-state index contributed by atoms with van der Waals surface area (Å²) in [6.45, 7) is 3.84. The largest absolute Gasteiger partial charge is 0.443 e. The van der Waals surface area contributed by atoms with Gasteiger partial charge in [0.2, 0.25) is 0 Å². The van der Waals surface area contributed by atoms with Crippen LogP contribution in [0.3, 0.4) is 0 Å². The molecule has 0 bridgehead atoms. The van der Waals surface area contributed by atoms with Crippen molar-refractivity contribution in [2.75, 3.05) is 20.3 Å². The maximum Gasteiger partial charge on any atom is 0.181 e. The Balaban J connectivity index is 2.16. The first-order valence-electron chi connectivity index (χ1n) is 6.11. The maximum absolute atomic E-state index is 13.3. The van der Waals surface area contributed by atoms with Crippen LogP contribution < -0.4 is 5.32 Å². The number of nitrogens with one attached hydrogen (secondary N) is 1. The molecule has 1 aromatic heterocycles. The van der Waals surface area contributed by atoms with E-state index in [9.17, 15) is 4.39 Å². The van der Waals surface area contributed by atoms with Crippen molar-refractivity contribution in [1.82, 2.24) is 10.3 Å². The topological polar surface area (TPSA) is 47.3 Å². The van der Waals surface area contributed by atoms with Crippen LogP contribution in [0.15, 0.2) is 29.0 Å². The van der Waals surface area contributed by atoms with E-state index in [1.165, 1.54) is 18.5 Å². The Labute approximate surface area is 111 Å². The number of ether oxygens (including phenoxy) is 1. The molecule has 2 rings (SSSR count). The smallest absolute Gasteiger partial charge is 0.181 e. The van der Waals surface area contributed by atoms with Crippen molar-refractivity contribution in [2.24, 2.45) is 0 Å². The average Bonchev–Trinajstić information content (AvgIpc) is 2.86. The van der Waals surface area contributed by atoms with E-state index in [-0.39, 0.29) is 5.82 Å². The molecular formula is C14H17FN2O2. The number of aromatic nitrogens is 1. The van der Waals surface area contributed by atoms with Crippen molar-refractivity contribution in [1.29, 1.82) is 0 Å². The first-order valence-corrected chi connectivity index (χ1v) is 6.11. The van der Waals surface area contributed by atoms with Gasteiger partial charge in [0.05, 0.1) is 6.61 Å². The van der Waals surface area contributed by atoms with E-state index < -0.39 is 0 Å². The fraction of sp³-hybridized carbons (Fsp3) is 0.357. The molecule has 1 aromatic carbocycles. The van der Waals surface area contributed by atoms with Crippen LogP contribution in [0, 0.1) is 12.7 Å². The standard InChI is InChI=1S/C14H17FN2O2/c1-10-3-4-11(15)7-12(10)14-13(17-9-19-14)8-16-5-6-18-2/h3-4,7,9,16H,5-6,8H2,1-2H3. The Hall–Kier alpha value is -1.72. The third kappa shape index (κ3) is 3.39. The highest BCUT2D eigenvalue weighted by atomic mass is 19.1. The summed E-state index contributed by atoms with van der Waals surface area (Å²) >= 11 is 0. The fourth-order valence-electron chi connectivity index (χ4n) is 1.83. The van der Waals surface area contributed by atoms with E-state index in [0.717, 1.165) is 23.4 Å². The summed E-state index contributed by atoms with van der Waals surface area (Å²) < 4.78 is 23.7. The molecule has 102 valence electrons. The molecule has 0 aliphatic carbocycles. The Bertz CT molecular complexity index is 540. The van der Waals surface area contributed by atoms with Crippen molar-refractivity contribution in [3.63, 3.8) is 0 Å². The summed E-state index contributed by atoms with van der Waals surface area (Å²) in [7, 11) is 1.65. The Morgan fingerprint density at radius 2 is 2.26 bits per heavy atom. The number of rotatable bonds is 6. The summed E-state index contributed by atoms with van der Waals surface area (Å²) in [5, 5.41) is 3.19. The van der Waals surface area contributed by atoms with Crippen LogP contribution in [0.5, 0.6) is 0 Å². The zero-order chi connectivity index (χ0) is 13.7. The molecule has 0 saturated carbocycles. The van der Waals surface area contributed by atoms with E-state index >= 15 is 0 Å². The summed E-state index contributed by atoms with van der Waals surface area (Å²) in [6.07, 6.45) is 1.38. The van der Waals surface area contributed by atoms with Crippen molar-refractivity contribution < 1.29 is 13.5 Å². The molecule has 0 saturated heterocycles. The summed E-state index contributed by atoms with van der Waals surface area (Å²) in [5.41, 5.74) is 2.46. The highest BCUT2D eigenvalue weighted by molar-refractivity contribution is 5.63. The van der Waals surface area contributed by atoms with Gasteiger partial charge >= 0.3 is 0 Å². The number of oxazole rings is 1. The predicted molar refractivity (Wildman–Crippen MR) is 70.2 cm³/mol. The van der Waals surface area contributed by atoms with Crippen LogP contribution >= 0.6 is 0 Å². The van der Waals surface area contributed by atoms with E-state index in [1.54, 1.807) is 13.2 Å². The van der Waals surface area contributed by atoms with E-state index in [1.807, 2.05) is 6.92 Å². The lowest BCUT2D eigenvalue weighted by atomic mass is 10.0. The van der Waals surface area contributed by atoms with Crippen molar-refractivity contribution in [3.05, 3.63) is 41.7 Å². The number of methoxy groups -OCH3 is 1. The minimum atomic E-state index is -0.282. The van der Waals surface area contributed by atoms with Gasteiger partial charge in [-0.05, 0) is 24.6 Å². The molecule has 0 amide bonds. The van der Waals surface area contributed by atoms with Gasteiger partial charge in [-0.15, -0.1) is 0 Å². The quantitative estimate of drug-likeness (QED) is 0.814. The zero-order valence-electron chi connectivity index (χ0n) is 11.1. The van der Waals surface area contributed by atoms with Crippen molar-refractivity contribution >= 4 is 0 Å². The number of halogens is 1. The van der Waals surface area contributed by atoms with Crippen LogP contribution in [0.25, 0.3) is 11.3 Å². The normalized spacial score (nSPS) is 10.9. The van der Waals surface area contributed by atoms with Crippen LogP contribution in [0.2, 0.25) is 0 Å². The average molecular weight is 264 g/mol. The number of hydrogen-bond donors (Lipinski definition) is 1. The first-order chi connectivity index (χ1) is 9.22. The molecule has 2 aromatic rings. The van der Waals surface area contributed by atoms with Gasteiger partial charge in [-0.3, -0.25) is 0 Å². The fourth-order valence-corrected chi connectivity index (χ4v) is 1.83. The molecule has 0 aliphatic rings. The monoisotopic (exact) mass is 264 g/mol. The number of nitrogens with zero attached hydrogens (tertiary/aromatic N) is 1. The van der Waals surface area contributed by atoms with E-state index in [4.69, 9.17) is 9.15 Å². The predicted octanol–water partition coefficient (Wildman–Crippen LogP) is 2.53. The molecule has 0 fully saturated rings.